The zero-order valence-electron chi connectivity index (χ0n) is 11.8. The number of nitrogens with one attached hydrogen (secondary N) is 1. The highest BCUT2D eigenvalue weighted by Gasteiger charge is 2.04. The molecular formula is C16H19N3S. The summed E-state index contributed by atoms with van der Waals surface area (Å²) in [7, 11) is 0. The fraction of sp³-hybridized carbons (Fsp3) is 0.250. The summed E-state index contributed by atoms with van der Waals surface area (Å²) >= 11 is 5.01. The first kappa shape index (κ1) is 14.5. The third-order valence-corrected chi connectivity index (χ3v) is 3.54. The fourth-order valence-electron chi connectivity index (χ4n) is 2.19. The molecule has 1 aromatic heterocycles. The Kier molecular flexibility index (Phi) is 4.69. The number of rotatable bonds is 5. The lowest BCUT2D eigenvalue weighted by Gasteiger charge is -2.11. The van der Waals surface area contributed by atoms with E-state index in [-0.39, 0.29) is 0 Å². The molecule has 4 heteroatoms. The molecule has 0 aliphatic carbocycles. The van der Waals surface area contributed by atoms with Gasteiger partial charge in [-0.25, -0.2) is 0 Å². The van der Waals surface area contributed by atoms with Crippen LogP contribution in [0, 0.1) is 6.92 Å². The number of hydrogen-bond acceptors (Lipinski definition) is 3. The van der Waals surface area contributed by atoms with E-state index in [1.807, 2.05) is 31.3 Å². The van der Waals surface area contributed by atoms with Crippen LogP contribution in [0.2, 0.25) is 0 Å². The predicted octanol–water partition coefficient (Wildman–Crippen LogP) is 3.20. The predicted molar refractivity (Wildman–Crippen MR) is 88.0 cm³/mol. The van der Waals surface area contributed by atoms with Crippen molar-refractivity contribution in [2.24, 2.45) is 5.73 Å². The molecule has 1 aromatic carbocycles. The van der Waals surface area contributed by atoms with Crippen molar-refractivity contribution in [3.63, 3.8) is 0 Å². The molecule has 2 rings (SSSR count). The Morgan fingerprint density at radius 1 is 1.35 bits per heavy atom. The Bertz CT molecular complexity index is 623. The Morgan fingerprint density at radius 2 is 2.15 bits per heavy atom. The highest BCUT2D eigenvalue weighted by Crippen LogP contribution is 2.16. The largest absolute Gasteiger partial charge is 0.389 e. The van der Waals surface area contributed by atoms with Gasteiger partial charge >= 0.3 is 0 Å². The van der Waals surface area contributed by atoms with Gasteiger partial charge in [-0.05, 0) is 48.7 Å². The summed E-state index contributed by atoms with van der Waals surface area (Å²) in [5.41, 5.74) is 11.1. The monoisotopic (exact) mass is 285 g/mol. The second-order valence-electron chi connectivity index (χ2n) is 4.71. The standard InChI is InChI=1S/C16H19N3S/c1-3-12-5-4-8-18-15(12)10-19-13-6-7-14(16(17)20)11(2)9-13/h4-9,19H,3,10H2,1-2H3,(H2,17,20). The van der Waals surface area contributed by atoms with E-state index in [4.69, 9.17) is 18.0 Å². The van der Waals surface area contributed by atoms with E-state index in [2.05, 4.69) is 29.4 Å². The summed E-state index contributed by atoms with van der Waals surface area (Å²) in [6, 6.07) is 10.1. The number of benzene rings is 1. The molecule has 0 atom stereocenters. The first-order valence-electron chi connectivity index (χ1n) is 6.69. The molecule has 0 bridgehead atoms. The Hall–Kier alpha value is -1.94. The normalized spacial score (nSPS) is 10.3. The minimum atomic E-state index is 0.437. The van der Waals surface area contributed by atoms with Crippen LogP contribution in [0.25, 0.3) is 0 Å². The van der Waals surface area contributed by atoms with E-state index in [9.17, 15) is 0 Å². The van der Waals surface area contributed by atoms with Crippen LogP contribution in [0.3, 0.4) is 0 Å². The third-order valence-electron chi connectivity index (χ3n) is 3.32. The van der Waals surface area contributed by atoms with Crippen molar-refractivity contribution in [1.29, 1.82) is 0 Å². The van der Waals surface area contributed by atoms with Gasteiger partial charge in [-0.2, -0.15) is 0 Å². The molecule has 3 nitrogen and oxygen atoms in total. The number of anilines is 1. The zero-order chi connectivity index (χ0) is 14.5. The molecule has 3 N–H and O–H groups in total. The number of nitrogens with two attached hydrogens (primary N) is 1. The van der Waals surface area contributed by atoms with Gasteiger partial charge in [0.1, 0.15) is 4.99 Å². The lowest BCUT2D eigenvalue weighted by atomic mass is 10.1. The van der Waals surface area contributed by atoms with Crippen molar-refractivity contribution >= 4 is 22.9 Å². The van der Waals surface area contributed by atoms with Crippen LogP contribution in [0.15, 0.2) is 36.5 Å². The topological polar surface area (TPSA) is 50.9 Å². The van der Waals surface area contributed by atoms with Gasteiger partial charge in [-0.3, -0.25) is 4.98 Å². The van der Waals surface area contributed by atoms with Crippen molar-refractivity contribution in [3.05, 3.63) is 58.9 Å². The molecule has 0 unspecified atom stereocenters. The summed E-state index contributed by atoms with van der Waals surface area (Å²) < 4.78 is 0. The van der Waals surface area contributed by atoms with Crippen molar-refractivity contribution in [3.8, 4) is 0 Å². The van der Waals surface area contributed by atoms with Gasteiger partial charge in [-0.1, -0.05) is 25.2 Å². The van der Waals surface area contributed by atoms with Crippen LogP contribution >= 0.6 is 12.2 Å². The number of hydrogen-bond donors (Lipinski definition) is 2. The summed E-state index contributed by atoms with van der Waals surface area (Å²) in [4.78, 5) is 4.87. The minimum Gasteiger partial charge on any atom is -0.389 e. The Morgan fingerprint density at radius 3 is 2.80 bits per heavy atom. The van der Waals surface area contributed by atoms with E-state index >= 15 is 0 Å². The molecule has 0 saturated heterocycles. The average molecular weight is 285 g/mol. The van der Waals surface area contributed by atoms with Gasteiger partial charge in [0, 0.05) is 17.4 Å². The van der Waals surface area contributed by atoms with Crippen LogP contribution in [0.5, 0.6) is 0 Å². The Balaban J connectivity index is 2.11. The molecule has 20 heavy (non-hydrogen) atoms. The maximum Gasteiger partial charge on any atom is 0.104 e. The maximum absolute atomic E-state index is 5.67. The second kappa shape index (κ2) is 6.48. The Labute approximate surface area is 125 Å². The van der Waals surface area contributed by atoms with E-state index < -0.39 is 0 Å². The summed E-state index contributed by atoms with van der Waals surface area (Å²) in [6.07, 6.45) is 2.82. The fourth-order valence-corrected chi connectivity index (χ4v) is 2.42. The van der Waals surface area contributed by atoms with Crippen molar-refractivity contribution in [2.45, 2.75) is 26.8 Å². The minimum absolute atomic E-state index is 0.437. The van der Waals surface area contributed by atoms with E-state index in [1.165, 1.54) is 5.56 Å². The smallest absolute Gasteiger partial charge is 0.104 e. The molecule has 0 radical (unpaired) electrons. The number of nitrogens with zero attached hydrogens (tertiary/aromatic N) is 1. The highest BCUT2D eigenvalue weighted by molar-refractivity contribution is 7.80. The number of pyridine rings is 1. The summed E-state index contributed by atoms with van der Waals surface area (Å²) in [5, 5.41) is 3.40. The number of aromatic nitrogens is 1. The summed E-state index contributed by atoms with van der Waals surface area (Å²) in [6.45, 7) is 4.87. The maximum atomic E-state index is 5.67. The molecule has 0 aliphatic rings. The molecule has 0 saturated carbocycles. The molecule has 0 amide bonds. The average Bonchev–Trinajstić information content (AvgIpc) is 2.45. The molecular weight excluding hydrogens is 266 g/mol. The van der Waals surface area contributed by atoms with Crippen molar-refractivity contribution < 1.29 is 0 Å². The van der Waals surface area contributed by atoms with Crippen molar-refractivity contribution in [2.75, 3.05) is 5.32 Å². The molecule has 104 valence electrons. The van der Waals surface area contributed by atoms with Crippen LogP contribution in [-0.4, -0.2) is 9.97 Å². The molecule has 2 aromatic rings. The molecule has 0 fully saturated rings. The van der Waals surface area contributed by atoms with Gasteiger partial charge in [0.2, 0.25) is 0 Å². The first-order valence-corrected chi connectivity index (χ1v) is 7.09. The SMILES string of the molecule is CCc1cccnc1CNc1ccc(C(N)=S)c(C)c1. The second-order valence-corrected chi connectivity index (χ2v) is 5.15. The van der Waals surface area contributed by atoms with Crippen LogP contribution in [0.1, 0.15) is 29.3 Å². The zero-order valence-corrected chi connectivity index (χ0v) is 12.6. The number of thiocarbonyl (C=S) groups is 1. The van der Waals surface area contributed by atoms with Gasteiger partial charge in [0.15, 0.2) is 0 Å². The lowest BCUT2D eigenvalue weighted by molar-refractivity contribution is 0.971. The molecule has 0 aliphatic heterocycles. The van der Waals surface area contributed by atoms with Gasteiger partial charge < -0.3 is 11.1 Å². The van der Waals surface area contributed by atoms with E-state index in [1.54, 1.807) is 0 Å². The molecule has 0 spiro atoms. The van der Waals surface area contributed by atoms with E-state index in [0.717, 1.165) is 35.5 Å². The highest BCUT2D eigenvalue weighted by atomic mass is 32.1. The summed E-state index contributed by atoms with van der Waals surface area (Å²) in [5.74, 6) is 0. The van der Waals surface area contributed by atoms with Gasteiger partial charge in [0.05, 0.1) is 12.2 Å². The van der Waals surface area contributed by atoms with Gasteiger partial charge in [0.25, 0.3) is 0 Å². The first-order chi connectivity index (χ1) is 9.61. The van der Waals surface area contributed by atoms with Crippen LogP contribution < -0.4 is 11.1 Å². The number of aryl methyl sites for hydroxylation is 2. The quantitative estimate of drug-likeness (QED) is 0.828. The molecule has 1 heterocycles. The third kappa shape index (κ3) is 3.33. The van der Waals surface area contributed by atoms with E-state index in [0.29, 0.717) is 4.99 Å². The van der Waals surface area contributed by atoms with Crippen LogP contribution in [0.4, 0.5) is 5.69 Å². The lowest BCUT2D eigenvalue weighted by Crippen LogP contribution is -2.11. The van der Waals surface area contributed by atoms with Crippen molar-refractivity contribution in [1.82, 2.24) is 4.98 Å². The van der Waals surface area contributed by atoms with Crippen LogP contribution in [-0.2, 0) is 13.0 Å². The van der Waals surface area contributed by atoms with Gasteiger partial charge in [-0.15, -0.1) is 0 Å².